The van der Waals surface area contributed by atoms with Gasteiger partial charge in [0.1, 0.15) is 12.8 Å². The van der Waals surface area contributed by atoms with E-state index < -0.39 is 11.7 Å². The van der Waals surface area contributed by atoms with Crippen LogP contribution in [0.1, 0.15) is 24.5 Å². The monoisotopic (exact) mass is 232 g/mol. The molecule has 0 radical (unpaired) electrons. The fourth-order valence-corrected chi connectivity index (χ4v) is 1.21. The Labute approximate surface area is 91.0 Å². The second-order valence-electron chi connectivity index (χ2n) is 3.25. The molecule has 1 aromatic rings. The molecule has 0 aliphatic rings. The molecule has 0 spiro atoms. The predicted molar refractivity (Wildman–Crippen MR) is 50.4 cm³/mol. The molecule has 0 aliphatic carbocycles. The number of halogens is 3. The Bertz CT molecular complexity index is 390. The van der Waals surface area contributed by atoms with E-state index in [1.54, 1.807) is 0 Å². The van der Waals surface area contributed by atoms with Crippen molar-refractivity contribution < 1.29 is 17.9 Å². The van der Waals surface area contributed by atoms with Gasteiger partial charge in [-0.2, -0.15) is 18.4 Å². The predicted octanol–water partition coefficient (Wildman–Crippen LogP) is 2.76. The van der Waals surface area contributed by atoms with Gasteiger partial charge in [0.25, 0.3) is 0 Å². The standard InChI is InChI=1S/C10H11F3N2O/c1-2-3-16-7-15-5-8(4-14)9(6-15)10(11,12)13/h5-6H,2-3,7H2,1H3. The van der Waals surface area contributed by atoms with Crippen LogP contribution in [0, 0.1) is 11.3 Å². The third kappa shape index (κ3) is 3.00. The van der Waals surface area contributed by atoms with Crippen molar-refractivity contribution in [3.05, 3.63) is 23.5 Å². The first-order chi connectivity index (χ1) is 7.49. The van der Waals surface area contributed by atoms with Crippen molar-refractivity contribution in [2.75, 3.05) is 6.61 Å². The molecule has 0 saturated heterocycles. The molecule has 0 bridgehead atoms. The summed E-state index contributed by atoms with van der Waals surface area (Å²) in [5.74, 6) is 0. The van der Waals surface area contributed by atoms with E-state index >= 15 is 0 Å². The van der Waals surface area contributed by atoms with Crippen molar-refractivity contribution >= 4 is 0 Å². The largest absolute Gasteiger partial charge is 0.419 e. The van der Waals surface area contributed by atoms with Crippen LogP contribution in [0.4, 0.5) is 13.2 Å². The lowest BCUT2D eigenvalue weighted by Crippen LogP contribution is -2.06. The molecule has 0 atom stereocenters. The highest BCUT2D eigenvalue weighted by atomic mass is 19.4. The Balaban J connectivity index is 2.83. The highest BCUT2D eigenvalue weighted by molar-refractivity contribution is 5.37. The molecule has 0 aromatic carbocycles. The molecule has 0 fully saturated rings. The topological polar surface area (TPSA) is 38.0 Å². The summed E-state index contributed by atoms with van der Waals surface area (Å²) in [6.07, 6.45) is -1.69. The molecule has 1 rings (SSSR count). The SMILES string of the molecule is CCCOCn1cc(C#N)c(C(F)(F)F)c1. The van der Waals surface area contributed by atoms with Gasteiger partial charge in [-0.3, -0.25) is 0 Å². The summed E-state index contributed by atoms with van der Waals surface area (Å²) in [7, 11) is 0. The average Bonchev–Trinajstić information content (AvgIpc) is 2.61. The number of rotatable bonds is 4. The number of alkyl halides is 3. The van der Waals surface area contributed by atoms with Gasteiger partial charge in [-0.1, -0.05) is 6.92 Å². The van der Waals surface area contributed by atoms with Gasteiger partial charge in [0.05, 0.1) is 11.1 Å². The molecular formula is C10H11F3N2O. The quantitative estimate of drug-likeness (QED) is 0.748. The van der Waals surface area contributed by atoms with Crippen molar-refractivity contribution in [1.82, 2.24) is 4.57 Å². The molecule has 0 saturated carbocycles. The summed E-state index contributed by atoms with van der Waals surface area (Å²) in [6.45, 7) is 2.40. The average molecular weight is 232 g/mol. The van der Waals surface area contributed by atoms with E-state index in [0.29, 0.717) is 6.61 Å². The van der Waals surface area contributed by atoms with E-state index in [2.05, 4.69) is 0 Å². The molecule has 1 aromatic heterocycles. The Hall–Kier alpha value is -1.48. The van der Waals surface area contributed by atoms with Gasteiger partial charge >= 0.3 is 6.18 Å². The Kier molecular flexibility index (Phi) is 3.96. The first-order valence-electron chi connectivity index (χ1n) is 4.73. The van der Waals surface area contributed by atoms with E-state index in [9.17, 15) is 13.2 Å². The molecule has 0 aliphatic heterocycles. The third-order valence-corrected chi connectivity index (χ3v) is 1.89. The summed E-state index contributed by atoms with van der Waals surface area (Å²) in [4.78, 5) is 0. The van der Waals surface area contributed by atoms with Gasteiger partial charge in [0.15, 0.2) is 0 Å². The molecule has 88 valence electrons. The first-order valence-corrected chi connectivity index (χ1v) is 4.73. The molecule has 16 heavy (non-hydrogen) atoms. The maximum atomic E-state index is 12.4. The zero-order valence-electron chi connectivity index (χ0n) is 8.71. The Morgan fingerprint density at radius 3 is 2.56 bits per heavy atom. The number of aromatic nitrogens is 1. The van der Waals surface area contributed by atoms with Crippen LogP contribution in [0.5, 0.6) is 0 Å². The summed E-state index contributed by atoms with van der Waals surface area (Å²) in [6, 6.07) is 1.52. The van der Waals surface area contributed by atoms with Gasteiger partial charge in [0.2, 0.25) is 0 Å². The fraction of sp³-hybridized carbons (Fsp3) is 0.500. The maximum absolute atomic E-state index is 12.4. The number of ether oxygens (including phenoxy) is 1. The van der Waals surface area contributed by atoms with Crippen molar-refractivity contribution in [1.29, 1.82) is 5.26 Å². The van der Waals surface area contributed by atoms with Crippen LogP contribution in [-0.2, 0) is 17.6 Å². The smallest absolute Gasteiger partial charge is 0.361 e. The summed E-state index contributed by atoms with van der Waals surface area (Å²) < 4.78 is 43.6. The minimum Gasteiger partial charge on any atom is -0.361 e. The van der Waals surface area contributed by atoms with E-state index in [0.717, 1.165) is 18.8 Å². The minimum absolute atomic E-state index is 0.0264. The van der Waals surface area contributed by atoms with Gasteiger partial charge < -0.3 is 9.30 Å². The molecule has 3 nitrogen and oxygen atoms in total. The van der Waals surface area contributed by atoms with Crippen LogP contribution in [-0.4, -0.2) is 11.2 Å². The van der Waals surface area contributed by atoms with Gasteiger partial charge in [0, 0.05) is 19.0 Å². The van der Waals surface area contributed by atoms with Gasteiger partial charge in [-0.05, 0) is 6.42 Å². The van der Waals surface area contributed by atoms with E-state index in [4.69, 9.17) is 10.00 Å². The van der Waals surface area contributed by atoms with Crippen LogP contribution in [0.25, 0.3) is 0 Å². The van der Waals surface area contributed by atoms with Crippen LogP contribution < -0.4 is 0 Å². The summed E-state index contributed by atoms with van der Waals surface area (Å²) in [5.41, 5.74) is -1.30. The van der Waals surface area contributed by atoms with Gasteiger partial charge in [-0.15, -0.1) is 0 Å². The number of nitrogens with zero attached hydrogens (tertiary/aromatic N) is 2. The lowest BCUT2D eigenvalue weighted by atomic mass is 10.2. The molecule has 0 unspecified atom stereocenters. The van der Waals surface area contributed by atoms with Crippen LogP contribution in [0.15, 0.2) is 12.4 Å². The molecule has 6 heteroatoms. The van der Waals surface area contributed by atoms with Crippen molar-refractivity contribution in [3.63, 3.8) is 0 Å². The lowest BCUT2D eigenvalue weighted by Gasteiger charge is -2.04. The zero-order valence-corrected chi connectivity index (χ0v) is 8.71. The fourth-order valence-electron chi connectivity index (χ4n) is 1.21. The van der Waals surface area contributed by atoms with Crippen molar-refractivity contribution in [2.24, 2.45) is 0 Å². The van der Waals surface area contributed by atoms with Gasteiger partial charge in [-0.25, -0.2) is 0 Å². The van der Waals surface area contributed by atoms with Crippen LogP contribution >= 0.6 is 0 Å². The maximum Gasteiger partial charge on any atom is 0.419 e. The minimum atomic E-state index is -4.50. The Morgan fingerprint density at radius 2 is 2.12 bits per heavy atom. The van der Waals surface area contributed by atoms with E-state index in [1.807, 2.05) is 6.92 Å². The van der Waals surface area contributed by atoms with Crippen molar-refractivity contribution in [2.45, 2.75) is 26.3 Å². The number of hydrogen-bond donors (Lipinski definition) is 0. The van der Waals surface area contributed by atoms with Crippen molar-refractivity contribution in [3.8, 4) is 6.07 Å². The Morgan fingerprint density at radius 1 is 1.44 bits per heavy atom. The third-order valence-electron chi connectivity index (χ3n) is 1.89. The lowest BCUT2D eigenvalue weighted by molar-refractivity contribution is -0.137. The highest BCUT2D eigenvalue weighted by Gasteiger charge is 2.35. The second-order valence-corrected chi connectivity index (χ2v) is 3.25. The first kappa shape index (κ1) is 12.6. The second kappa shape index (κ2) is 5.03. The molecule has 0 amide bonds. The summed E-state index contributed by atoms with van der Waals surface area (Å²) in [5, 5.41) is 8.56. The number of nitriles is 1. The normalized spacial score (nSPS) is 11.4. The molecule has 0 N–H and O–H groups in total. The summed E-state index contributed by atoms with van der Waals surface area (Å²) >= 11 is 0. The molecule has 1 heterocycles. The molecular weight excluding hydrogens is 221 g/mol. The van der Waals surface area contributed by atoms with Crippen LogP contribution in [0.2, 0.25) is 0 Å². The number of hydrogen-bond acceptors (Lipinski definition) is 2. The van der Waals surface area contributed by atoms with E-state index in [1.165, 1.54) is 10.6 Å². The van der Waals surface area contributed by atoms with Crippen LogP contribution in [0.3, 0.4) is 0 Å². The zero-order chi connectivity index (χ0) is 12.2. The van der Waals surface area contributed by atoms with E-state index in [-0.39, 0.29) is 12.3 Å². The highest BCUT2D eigenvalue weighted by Crippen LogP contribution is 2.32.